The predicted molar refractivity (Wildman–Crippen MR) is 132 cm³/mol. The average Bonchev–Trinajstić information content (AvgIpc) is 3.18. The largest absolute Gasteiger partial charge is 0.331 e. The summed E-state index contributed by atoms with van der Waals surface area (Å²) in [5, 5.41) is 0.888. The summed E-state index contributed by atoms with van der Waals surface area (Å²) in [4.78, 5) is 20.2. The molecular weight excluding hydrogens is 441 g/mol. The predicted octanol–water partition coefficient (Wildman–Crippen LogP) is 7.16. The van der Waals surface area contributed by atoms with Crippen LogP contribution >= 0.6 is 23.2 Å². The fraction of sp³-hybridized carbons (Fsp3) is 0.231. The summed E-state index contributed by atoms with van der Waals surface area (Å²) in [6.45, 7) is 3.14. The topological polar surface area (TPSA) is 38.1 Å². The summed E-state index contributed by atoms with van der Waals surface area (Å²) in [7, 11) is 0. The first-order valence-corrected chi connectivity index (χ1v) is 11.6. The van der Waals surface area contributed by atoms with Crippen LogP contribution in [0.5, 0.6) is 0 Å². The van der Waals surface area contributed by atoms with Crippen LogP contribution in [0.4, 0.5) is 0 Å². The molecule has 4 nitrogen and oxygen atoms in total. The van der Waals surface area contributed by atoms with Crippen LogP contribution < -0.4 is 0 Å². The van der Waals surface area contributed by atoms with E-state index in [1.807, 2.05) is 41.3 Å². The number of fused-ring (bicyclic) bond motifs is 1. The van der Waals surface area contributed by atoms with Gasteiger partial charge in [-0.05, 0) is 48.9 Å². The fourth-order valence-electron chi connectivity index (χ4n) is 3.85. The molecule has 0 spiro atoms. The Morgan fingerprint density at radius 3 is 2.50 bits per heavy atom. The zero-order valence-corrected chi connectivity index (χ0v) is 19.5. The molecule has 0 aliphatic heterocycles. The van der Waals surface area contributed by atoms with E-state index >= 15 is 0 Å². The highest BCUT2D eigenvalue weighted by molar-refractivity contribution is 6.35. The molecule has 0 saturated carbocycles. The Morgan fingerprint density at radius 2 is 1.72 bits per heavy atom. The van der Waals surface area contributed by atoms with Crippen LogP contribution in [0.25, 0.3) is 16.7 Å². The van der Waals surface area contributed by atoms with Crippen molar-refractivity contribution < 1.29 is 4.79 Å². The molecule has 4 rings (SSSR count). The van der Waals surface area contributed by atoms with Gasteiger partial charge in [0.25, 0.3) is 5.91 Å². The van der Waals surface area contributed by atoms with Crippen molar-refractivity contribution >= 4 is 40.1 Å². The minimum Gasteiger partial charge on any atom is -0.331 e. The number of amides is 1. The summed E-state index contributed by atoms with van der Waals surface area (Å²) in [5.74, 6) is 0.667. The molecule has 0 fully saturated rings. The molecule has 0 unspecified atom stereocenters. The molecule has 0 atom stereocenters. The number of benzene rings is 3. The van der Waals surface area contributed by atoms with E-state index in [-0.39, 0.29) is 5.91 Å². The highest BCUT2D eigenvalue weighted by Gasteiger charge is 2.22. The Kier molecular flexibility index (Phi) is 7.13. The Bertz CT molecular complexity index is 1220. The van der Waals surface area contributed by atoms with Crippen molar-refractivity contribution in [2.24, 2.45) is 0 Å². The number of imidazole rings is 1. The number of para-hydroxylation sites is 3. The number of aromatic nitrogens is 2. The summed E-state index contributed by atoms with van der Waals surface area (Å²) in [6, 6.07) is 23.1. The Balaban J connectivity index is 1.75. The minimum atomic E-state index is -0.139. The molecule has 0 aliphatic rings. The van der Waals surface area contributed by atoms with Crippen LogP contribution in [0.15, 0.2) is 72.8 Å². The van der Waals surface area contributed by atoms with Gasteiger partial charge in [0, 0.05) is 17.3 Å². The van der Waals surface area contributed by atoms with E-state index in [2.05, 4.69) is 29.7 Å². The normalized spacial score (nSPS) is 11.1. The van der Waals surface area contributed by atoms with Gasteiger partial charge >= 0.3 is 0 Å². The van der Waals surface area contributed by atoms with Crippen molar-refractivity contribution in [3.05, 3.63) is 94.2 Å². The first kappa shape index (κ1) is 22.4. The van der Waals surface area contributed by atoms with Gasteiger partial charge in [-0.15, -0.1) is 0 Å². The van der Waals surface area contributed by atoms with Gasteiger partial charge in [-0.2, -0.15) is 0 Å². The smallest absolute Gasteiger partial charge is 0.255 e. The van der Waals surface area contributed by atoms with Crippen LogP contribution in [-0.4, -0.2) is 26.9 Å². The maximum Gasteiger partial charge on any atom is 0.255 e. The molecule has 1 heterocycles. The van der Waals surface area contributed by atoms with E-state index < -0.39 is 0 Å². The number of halogens is 2. The number of unbranched alkanes of at least 4 members (excludes halogenated alkanes) is 2. The van der Waals surface area contributed by atoms with Gasteiger partial charge in [0.2, 0.25) is 0 Å². The quantitative estimate of drug-likeness (QED) is 0.258. The van der Waals surface area contributed by atoms with Gasteiger partial charge in [0.1, 0.15) is 5.82 Å². The SMILES string of the molecule is CCCCCN(Cc1nc2ccccc2n1-c1ccccc1)C(=O)c1cc(Cl)ccc1Cl. The number of nitrogens with zero attached hydrogens (tertiary/aromatic N) is 3. The van der Waals surface area contributed by atoms with Crippen molar-refractivity contribution in [1.82, 2.24) is 14.5 Å². The van der Waals surface area contributed by atoms with Crippen LogP contribution in [-0.2, 0) is 6.54 Å². The second-order valence-electron chi connectivity index (χ2n) is 7.75. The van der Waals surface area contributed by atoms with Crippen LogP contribution in [0.1, 0.15) is 42.4 Å². The van der Waals surface area contributed by atoms with E-state index in [1.165, 1.54) is 0 Å². The molecule has 32 heavy (non-hydrogen) atoms. The lowest BCUT2D eigenvalue weighted by atomic mass is 10.1. The third-order valence-corrected chi connectivity index (χ3v) is 6.02. The second-order valence-corrected chi connectivity index (χ2v) is 8.59. The van der Waals surface area contributed by atoms with Crippen LogP contribution in [0.2, 0.25) is 10.0 Å². The summed E-state index contributed by atoms with van der Waals surface area (Å²) in [5.41, 5.74) is 3.33. The van der Waals surface area contributed by atoms with E-state index in [1.54, 1.807) is 18.2 Å². The fourth-order valence-corrected chi connectivity index (χ4v) is 4.23. The third kappa shape index (κ3) is 4.82. The molecule has 0 radical (unpaired) electrons. The van der Waals surface area contributed by atoms with Crippen LogP contribution in [0, 0.1) is 0 Å². The van der Waals surface area contributed by atoms with Crippen molar-refractivity contribution in [2.75, 3.05) is 6.54 Å². The highest BCUT2D eigenvalue weighted by Crippen LogP contribution is 2.26. The summed E-state index contributed by atoms with van der Waals surface area (Å²) >= 11 is 12.5. The number of carbonyl (C=O) groups excluding carboxylic acids is 1. The summed E-state index contributed by atoms with van der Waals surface area (Å²) < 4.78 is 2.12. The number of carbonyl (C=O) groups is 1. The van der Waals surface area contributed by atoms with Gasteiger partial charge in [-0.25, -0.2) is 4.98 Å². The van der Waals surface area contributed by atoms with E-state index in [9.17, 15) is 4.79 Å². The lowest BCUT2D eigenvalue weighted by molar-refractivity contribution is 0.0735. The number of hydrogen-bond acceptors (Lipinski definition) is 2. The van der Waals surface area contributed by atoms with Crippen molar-refractivity contribution in [2.45, 2.75) is 32.7 Å². The van der Waals surface area contributed by atoms with Gasteiger partial charge in [0.05, 0.1) is 28.2 Å². The molecule has 6 heteroatoms. The Labute approximate surface area is 198 Å². The molecule has 0 N–H and O–H groups in total. The van der Waals surface area contributed by atoms with Gasteiger partial charge in [-0.3, -0.25) is 9.36 Å². The molecule has 0 aliphatic carbocycles. The van der Waals surface area contributed by atoms with Crippen molar-refractivity contribution in [3.8, 4) is 5.69 Å². The molecule has 1 aromatic heterocycles. The zero-order valence-electron chi connectivity index (χ0n) is 18.0. The molecule has 0 bridgehead atoms. The molecule has 3 aromatic carbocycles. The minimum absolute atomic E-state index is 0.139. The van der Waals surface area contributed by atoms with Crippen molar-refractivity contribution in [1.29, 1.82) is 0 Å². The molecule has 4 aromatic rings. The third-order valence-electron chi connectivity index (χ3n) is 5.45. The van der Waals surface area contributed by atoms with E-state index in [0.29, 0.717) is 28.7 Å². The maximum absolute atomic E-state index is 13.5. The van der Waals surface area contributed by atoms with Gasteiger partial charge in [0.15, 0.2) is 0 Å². The lowest BCUT2D eigenvalue weighted by Gasteiger charge is -2.24. The highest BCUT2D eigenvalue weighted by atomic mass is 35.5. The number of hydrogen-bond donors (Lipinski definition) is 0. The van der Waals surface area contributed by atoms with E-state index in [4.69, 9.17) is 28.2 Å². The molecule has 1 amide bonds. The lowest BCUT2D eigenvalue weighted by Crippen LogP contribution is -2.33. The average molecular weight is 466 g/mol. The molecule has 164 valence electrons. The van der Waals surface area contributed by atoms with Gasteiger partial charge < -0.3 is 4.90 Å². The number of rotatable bonds is 8. The molecule has 0 saturated heterocycles. The van der Waals surface area contributed by atoms with Crippen molar-refractivity contribution in [3.63, 3.8) is 0 Å². The first-order valence-electron chi connectivity index (χ1n) is 10.8. The maximum atomic E-state index is 13.5. The molecular formula is C26H25Cl2N3O. The monoisotopic (exact) mass is 465 g/mol. The second kappa shape index (κ2) is 10.2. The first-order chi connectivity index (χ1) is 15.6. The Morgan fingerprint density at radius 1 is 0.969 bits per heavy atom. The zero-order chi connectivity index (χ0) is 22.5. The summed E-state index contributed by atoms with van der Waals surface area (Å²) in [6.07, 6.45) is 3.02. The van der Waals surface area contributed by atoms with Crippen LogP contribution in [0.3, 0.4) is 0 Å². The standard InChI is InChI=1S/C26H25Cl2N3O/c1-2-3-9-16-30(26(32)21-17-19(27)14-15-22(21)28)18-25-29-23-12-7-8-13-24(23)31(25)20-10-5-4-6-11-20/h4-8,10-15,17H,2-3,9,16,18H2,1H3. The van der Waals surface area contributed by atoms with Gasteiger partial charge in [-0.1, -0.05) is 73.3 Å². The Hall–Kier alpha value is -2.82. The van der Waals surface area contributed by atoms with E-state index in [0.717, 1.165) is 41.8 Å².